The van der Waals surface area contributed by atoms with Crippen molar-refractivity contribution < 1.29 is 28.6 Å². The standard InChI is InChI=1S/C21H22ClNO6/c1-12(2)20(25)23-15-7-5-13(6-8-15)17(24)11-29-21(26)14-9-16(22)19(28-4)18(10-14)27-3/h5-10,12H,11H2,1-4H3,(H,23,25). The maximum atomic E-state index is 12.3. The maximum Gasteiger partial charge on any atom is 0.338 e. The molecule has 0 heterocycles. The van der Waals surface area contributed by atoms with Crippen molar-refractivity contribution in [1.82, 2.24) is 0 Å². The number of hydrogen-bond donors (Lipinski definition) is 1. The molecule has 0 unspecified atom stereocenters. The van der Waals surface area contributed by atoms with E-state index in [0.717, 1.165) is 0 Å². The maximum absolute atomic E-state index is 12.3. The van der Waals surface area contributed by atoms with Gasteiger partial charge in [-0.3, -0.25) is 9.59 Å². The summed E-state index contributed by atoms with van der Waals surface area (Å²) in [6, 6.07) is 9.14. The highest BCUT2D eigenvalue weighted by Crippen LogP contribution is 2.36. The summed E-state index contributed by atoms with van der Waals surface area (Å²) < 4.78 is 15.3. The quantitative estimate of drug-likeness (QED) is 0.514. The third-order valence-corrected chi connectivity index (χ3v) is 4.28. The number of rotatable bonds is 8. The average molecular weight is 420 g/mol. The van der Waals surface area contributed by atoms with Gasteiger partial charge in [-0.1, -0.05) is 25.4 Å². The summed E-state index contributed by atoms with van der Waals surface area (Å²) in [5, 5.41) is 2.92. The zero-order valence-electron chi connectivity index (χ0n) is 16.6. The smallest absolute Gasteiger partial charge is 0.338 e. The first-order valence-electron chi connectivity index (χ1n) is 8.79. The van der Waals surface area contributed by atoms with E-state index in [1.807, 2.05) is 0 Å². The summed E-state index contributed by atoms with van der Waals surface area (Å²) in [4.78, 5) is 36.2. The van der Waals surface area contributed by atoms with Gasteiger partial charge < -0.3 is 19.5 Å². The predicted octanol–water partition coefficient (Wildman–Crippen LogP) is 3.99. The molecule has 0 aliphatic carbocycles. The zero-order valence-corrected chi connectivity index (χ0v) is 17.3. The summed E-state index contributed by atoms with van der Waals surface area (Å²) in [6.07, 6.45) is 0. The molecule has 7 nitrogen and oxygen atoms in total. The van der Waals surface area contributed by atoms with Crippen LogP contribution in [0.15, 0.2) is 36.4 Å². The van der Waals surface area contributed by atoms with Crippen LogP contribution < -0.4 is 14.8 Å². The molecule has 0 bridgehead atoms. The van der Waals surface area contributed by atoms with E-state index in [2.05, 4.69) is 5.32 Å². The van der Waals surface area contributed by atoms with Crippen LogP contribution in [-0.2, 0) is 9.53 Å². The van der Waals surface area contributed by atoms with Crippen molar-refractivity contribution in [3.8, 4) is 11.5 Å². The van der Waals surface area contributed by atoms with Crippen LogP contribution in [0.4, 0.5) is 5.69 Å². The highest BCUT2D eigenvalue weighted by Gasteiger charge is 2.18. The lowest BCUT2D eigenvalue weighted by Crippen LogP contribution is -2.18. The summed E-state index contributed by atoms with van der Waals surface area (Å²) >= 11 is 6.08. The van der Waals surface area contributed by atoms with E-state index in [0.29, 0.717) is 17.0 Å². The second kappa shape index (κ2) is 9.93. The summed E-state index contributed by atoms with van der Waals surface area (Å²) in [5.74, 6) is -0.801. The molecule has 1 N–H and O–H groups in total. The van der Waals surface area contributed by atoms with Gasteiger partial charge in [-0.25, -0.2) is 4.79 Å². The molecule has 154 valence electrons. The highest BCUT2D eigenvalue weighted by molar-refractivity contribution is 6.32. The van der Waals surface area contributed by atoms with E-state index in [9.17, 15) is 14.4 Å². The Morgan fingerprint density at radius 2 is 1.66 bits per heavy atom. The molecule has 0 aromatic heterocycles. The molecule has 0 atom stereocenters. The first-order chi connectivity index (χ1) is 13.8. The van der Waals surface area contributed by atoms with Gasteiger partial charge in [0.25, 0.3) is 0 Å². The van der Waals surface area contributed by atoms with Crippen LogP contribution in [0, 0.1) is 5.92 Å². The molecule has 0 saturated carbocycles. The number of ketones is 1. The molecule has 0 spiro atoms. The molecule has 0 aliphatic heterocycles. The molecule has 2 rings (SSSR count). The Morgan fingerprint density at radius 1 is 1.00 bits per heavy atom. The molecular formula is C21H22ClNO6. The van der Waals surface area contributed by atoms with Gasteiger partial charge in [-0.15, -0.1) is 0 Å². The Hall–Kier alpha value is -3.06. The Kier molecular flexibility index (Phi) is 7.61. The summed E-state index contributed by atoms with van der Waals surface area (Å²) in [5.41, 5.74) is 1.06. The summed E-state index contributed by atoms with van der Waals surface area (Å²) in [7, 11) is 2.85. The van der Waals surface area contributed by atoms with Gasteiger partial charge in [0.05, 0.1) is 24.8 Å². The predicted molar refractivity (Wildman–Crippen MR) is 109 cm³/mol. The molecule has 2 aromatic rings. The van der Waals surface area contributed by atoms with Gasteiger partial charge in [-0.05, 0) is 36.4 Å². The lowest BCUT2D eigenvalue weighted by atomic mass is 10.1. The lowest BCUT2D eigenvalue weighted by Gasteiger charge is -2.11. The van der Waals surface area contributed by atoms with Gasteiger partial charge in [-0.2, -0.15) is 0 Å². The van der Waals surface area contributed by atoms with Crippen molar-refractivity contribution in [2.24, 2.45) is 5.92 Å². The number of nitrogens with one attached hydrogen (secondary N) is 1. The van der Waals surface area contributed by atoms with Crippen LogP contribution in [0.1, 0.15) is 34.6 Å². The Balaban J connectivity index is 2.01. The topological polar surface area (TPSA) is 90.9 Å². The van der Waals surface area contributed by atoms with E-state index < -0.39 is 12.6 Å². The van der Waals surface area contributed by atoms with Crippen LogP contribution in [0.5, 0.6) is 11.5 Å². The van der Waals surface area contributed by atoms with Crippen molar-refractivity contribution in [2.45, 2.75) is 13.8 Å². The van der Waals surface area contributed by atoms with Crippen LogP contribution in [0.3, 0.4) is 0 Å². The number of hydrogen-bond acceptors (Lipinski definition) is 6. The number of Topliss-reactive ketones (excluding diaryl/α,β-unsaturated/α-hetero) is 1. The van der Waals surface area contributed by atoms with Gasteiger partial charge in [0.2, 0.25) is 5.91 Å². The molecule has 0 aliphatic rings. The van der Waals surface area contributed by atoms with Gasteiger partial charge in [0.1, 0.15) is 0 Å². The first kappa shape index (κ1) is 22.2. The lowest BCUT2D eigenvalue weighted by molar-refractivity contribution is -0.118. The fourth-order valence-electron chi connectivity index (χ4n) is 2.36. The Morgan fingerprint density at radius 3 is 2.21 bits per heavy atom. The van der Waals surface area contributed by atoms with Crippen molar-refractivity contribution in [3.05, 3.63) is 52.5 Å². The fourth-order valence-corrected chi connectivity index (χ4v) is 2.65. The number of halogens is 1. The molecule has 0 fully saturated rings. The Bertz CT molecular complexity index is 908. The second-order valence-electron chi connectivity index (χ2n) is 6.41. The monoisotopic (exact) mass is 419 g/mol. The second-order valence-corrected chi connectivity index (χ2v) is 6.82. The van der Waals surface area contributed by atoms with E-state index in [1.54, 1.807) is 38.1 Å². The molecule has 1 amide bonds. The van der Waals surface area contributed by atoms with Crippen molar-refractivity contribution in [2.75, 3.05) is 26.1 Å². The number of methoxy groups -OCH3 is 2. The minimum atomic E-state index is -0.720. The number of esters is 1. The molecule has 8 heteroatoms. The molecular weight excluding hydrogens is 398 g/mol. The molecule has 2 aromatic carbocycles. The van der Waals surface area contributed by atoms with Gasteiger partial charge in [0.15, 0.2) is 23.9 Å². The van der Waals surface area contributed by atoms with Crippen molar-refractivity contribution in [1.29, 1.82) is 0 Å². The normalized spacial score (nSPS) is 10.4. The van der Waals surface area contributed by atoms with E-state index in [1.165, 1.54) is 26.4 Å². The minimum Gasteiger partial charge on any atom is -0.493 e. The summed E-state index contributed by atoms with van der Waals surface area (Å²) in [6.45, 7) is 3.13. The molecule has 0 radical (unpaired) electrons. The Labute approximate surface area is 173 Å². The van der Waals surface area contributed by atoms with E-state index >= 15 is 0 Å². The van der Waals surface area contributed by atoms with Crippen molar-refractivity contribution in [3.63, 3.8) is 0 Å². The highest BCUT2D eigenvalue weighted by atomic mass is 35.5. The third-order valence-electron chi connectivity index (χ3n) is 4.00. The van der Waals surface area contributed by atoms with Crippen molar-refractivity contribution >= 4 is 34.9 Å². The minimum absolute atomic E-state index is 0.119. The number of benzene rings is 2. The van der Waals surface area contributed by atoms with E-state index in [-0.39, 0.29) is 33.9 Å². The number of ether oxygens (including phenoxy) is 3. The molecule has 29 heavy (non-hydrogen) atoms. The zero-order chi connectivity index (χ0) is 21.6. The van der Waals surface area contributed by atoms with Crippen LogP contribution >= 0.6 is 11.6 Å². The molecule has 0 saturated heterocycles. The number of amides is 1. The average Bonchev–Trinajstić information content (AvgIpc) is 2.71. The SMILES string of the molecule is COc1cc(C(=O)OCC(=O)c2ccc(NC(=O)C(C)C)cc2)cc(Cl)c1OC. The third kappa shape index (κ3) is 5.71. The number of carbonyl (C=O) groups is 3. The van der Waals surface area contributed by atoms with Crippen LogP contribution in [0.2, 0.25) is 5.02 Å². The first-order valence-corrected chi connectivity index (χ1v) is 9.17. The van der Waals surface area contributed by atoms with Crippen LogP contribution in [0.25, 0.3) is 0 Å². The van der Waals surface area contributed by atoms with Crippen LogP contribution in [-0.4, -0.2) is 38.5 Å². The van der Waals surface area contributed by atoms with E-state index in [4.69, 9.17) is 25.8 Å². The van der Waals surface area contributed by atoms with Gasteiger partial charge >= 0.3 is 5.97 Å². The number of anilines is 1. The number of carbonyl (C=O) groups excluding carboxylic acids is 3. The largest absolute Gasteiger partial charge is 0.493 e. The fraction of sp³-hybridized carbons (Fsp3) is 0.286. The van der Waals surface area contributed by atoms with Gasteiger partial charge in [0, 0.05) is 17.2 Å².